The van der Waals surface area contributed by atoms with Crippen LogP contribution in [0.2, 0.25) is 0 Å². The van der Waals surface area contributed by atoms with E-state index in [1.54, 1.807) is 0 Å². The van der Waals surface area contributed by atoms with Crippen molar-refractivity contribution in [2.24, 2.45) is 4.99 Å². The molecule has 0 unspecified atom stereocenters. The highest BCUT2D eigenvalue weighted by Gasteiger charge is 2.14. The number of rotatable bonds is 1. The van der Waals surface area contributed by atoms with Crippen LogP contribution in [0.1, 0.15) is 5.56 Å². The van der Waals surface area contributed by atoms with E-state index in [9.17, 15) is 0 Å². The summed E-state index contributed by atoms with van der Waals surface area (Å²) in [5.41, 5.74) is 1.04. The molecule has 3 heteroatoms. The predicted molar refractivity (Wildman–Crippen MR) is 69.0 cm³/mol. The average Bonchev–Trinajstić information content (AvgIpc) is 2.83. The van der Waals surface area contributed by atoms with Crippen LogP contribution in [0.4, 0.5) is 0 Å². The minimum Gasteiger partial charge on any atom is -0.475 e. The summed E-state index contributed by atoms with van der Waals surface area (Å²) in [5.74, 6) is 0.748. The summed E-state index contributed by atoms with van der Waals surface area (Å²) in [7, 11) is 0. The molecule has 2 nitrogen and oxygen atoms in total. The number of fused-ring (bicyclic) bond motifs is 1. The van der Waals surface area contributed by atoms with E-state index in [1.165, 1.54) is 10.8 Å². The second kappa shape index (κ2) is 3.91. The van der Waals surface area contributed by atoms with Gasteiger partial charge in [0.15, 0.2) is 0 Å². The molecule has 2 aromatic rings. The molecule has 0 saturated carbocycles. The van der Waals surface area contributed by atoms with Gasteiger partial charge in [0.1, 0.15) is 6.61 Å². The molecule has 1 aliphatic heterocycles. The molecule has 0 aromatic heterocycles. The number of nitrogens with zero attached hydrogens (tertiary/aromatic N) is 1. The minimum atomic E-state index is 0.689. The zero-order valence-corrected chi connectivity index (χ0v) is 10.2. The molecular weight excluding hydrogens is 266 g/mol. The quantitative estimate of drug-likeness (QED) is 0.782. The molecule has 1 heterocycles. The van der Waals surface area contributed by atoms with Crippen molar-refractivity contribution in [1.82, 2.24) is 0 Å². The Labute approximate surface area is 102 Å². The molecule has 0 atom stereocenters. The summed E-state index contributed by atoms with van der Waals surface area (Å²) in [5, 5.41) is 2.41. The SMILES string of the molecule is Brc1c(C2=NCCO2)ccc2ccccc12. The van der Waals surface area contributed by atoms with Crippen molar-refractivity contribution < 1.29 is 4.74 Å². The Morgan fingerprint density at radius 3 is 2.81 bits per heavy atom. The van der Waals surface area contributed by atoms with Gasteiger partial charge in [-0.15, -0.1) is 0 Å². The van der Waals surface area contributed by atoms with Gasteiger partial charge in [-0.3, -0.25) is 0 Å². The van der Waals surface area contributed by atoms with Gasteiger partial charge in [0.25, 0.3) is 0 Å². The molecule has 16 heavy (non-hydrogen) atoms. The van der Waals surface area contributed by atoms with E-state index in [0.29, 0.717) is 6.61 Å². The number of aliphatic imine (C=N–C) groups is 1. The zero-order chi connectivity index (χ0) is 11.0. The van der Waals surface area contributed by atoms with Crippen LogP contribution in [0, 0.1) is 0 Å². The van der Waals surface area contributed by atoms with Crippen molar-refractivity contribution in [1.29, 1.82) is 0 Å². The monoisotopic (exact) mass is 275 g/mol. The molecule has 3 rings (SSSR count). The summed E-state index contributed by atoms with van der Waals surface area (Å²) in [6.45, 7) is 1.45. The van der Waals surface area contributed by atoms with Crippen molar-refractivity contribution in [3.05, 3.63) is 46.4 Å². The van der Waals surface area contributed by atoms with E-state index in [1.807, 2.05) is 12.1 Å². The van der Waals surface area contributed by atoms with Gasteiger partial charge in [0, 0.05) is 4.47 Å². The van der Waals surface area contributed by atoms with Crippen molar-refractivity contribution >= 4 is 32.6 Å². The minimum absolute atomic E-state index is 0.689. The lowest BCUT2D eigenvalue weighted by atomic mass is 10.1. The molecular formula is C13H10BrNO. The maximum absolute atomic E-state index is 5.49. The largest absolute Gasteiger partial charge is 0.475 e. The van der Waals surface area contributed by atoms with Crippen LogP contribution in [-0.2, 0) is 4.74 Å². The van der Waals surface area contributed by atoms with E-state index in [2.05, 4.69) is 45.2 Å². The third-order valence-electron chi connectivity index (χ3n) is 2.68. The highest BCUT2D eigenvalue weighted by Crippen LogP contribution is 2.28. The lowest BCUT2D eigenvalue weighted by Gasteiger charge is -2.07. The third-order valence-corrected chi connectivity index (χ3v) is 3.53. The number of halogens is 1. The van der Waals surface area contributed by atoms with Gasteiger partial charge in [0.05, 0.1) is 12.1 Å². The highest BCUT2D eigenvalue weighted by molar-refractivity contribution is 9.10. The van der Waals surface area contributed by atoms with E-state index in [0.717, 1.165) is 22.5 Å². The van der Waals surface area contributed by atoms with E-state index < -0.39 is 0 Å². The first-order valence-electron chi connectivity index (χ1n) is 5.21. The molecule has 0 aliphatic carbocycles. The van der Waals surface area contributed by atoms with Gasteiger partial charge in [-0.05, 0) is 32.8 Å². The Balaban J connectivity index is 2.23. The summed E-state index contributed by atoms with van der Waals surface area (Å²) >= 11 is 3.63. The lowest BCUT2D eigenvalue weighted by molar-refractivity contribution is 0.348. The molecule has 0 bridgehead atoms. The average molecular weight is 276 g/mol. The molecule has 0 spiro atoms. The third kappa shape index (κ3) is 1.52. The van der Waals surface area contributed by atoms with Crippen LogP contribution in [0.15, 0.2) is 45.9 Å². The molecule has 0 N–H and O–H groups in total. The first-order chi connectivity index (χ1) is 7.86. The van der Waals surface area contributed by atoms with Crippen molar-refractivity contribution in [2.75, 3.05) is 13.2 Å². The van der Waals surface area contributed by atoms with Crippen LogP contribution in [0.5, 0.6) is 0 Å². The van der Waals surface area contributed by atoms with E-state index in [4.69, 9.17) is 4.74 Å². The van der Waals surface area contributed by atoms with Gasteiger partial charge < -0.3 is 4.74 Å². The number of benzene rings is 2. The molecule has 0 fully saturated rings. The van der Waals surface area contributed by atoms with Gasteiger partial charge in [-0.25, -0.2) is 4.99 Å². The fourth-order valence-electron chi connectivity index (χ4n) is 1.90. The first-order valence-corrected chi connectivity index (χ1v) is 6.00. The topological polar surface area (TPSA) is 21.6 Å². The maximum Gasteiger partial charge on any atom is 0.217 e. The second-order valence-electron chi connectivity index (χ2n) is 3.68. The van der Waals surface area contributed by atoms with Crippen LogP contribution >= 0.6 is 15.9 Å². The molecule has 0 amide bonds. The van der Waals surface area contributed by atoms with E-state index in [-0.39, 0.29) is 0 Å². The molecule has 80 valence electrons. The fourth-order valence-corrected chi connectivity index (χ4v) is 2.56. The molecule has 1 aliphatic rings. The predicted octanol–water partition coefficient (Wildman–Crippen LogP) is 3.38. The molecule has 0 radical (unpaired) electrons. The number of hydrogen-bond acceptors (Lipinski definition) is 2. The van der Waals surface area contributed by atoms with E-state index >= 15 is 0 Å². The van der Waals surface area contributed by atoms with Gasteiger partial charge >= 0.3 is 0 Å². The first kappa shape index (κ1) is 9.85. The maximum atomic E-state index is 5.49. The Morgan fingerprint density at radius 2 is 2.00 bits per heavy atom. The van der Waals surface area contributed by atoms with Crippen LogP contribution < -0.4 is 0 Å². The normalized spacial score (nSPS) is 14.9. The van der Waals surface area contributed by atoms with Crippen LogP contribution in [-0.4, -0.2) is 19.0 Å². The summed E-state index contributed by atoms with van der Waals surface area (Å²) in [4.78, 5) is 4.34. The van der Waals surface area contributed by atoms with Gasteiger partial charge in [-0.1, -0.05) is 30.3 Å². The summed E-state index contributed by atoms with van der Waals surface area (Å²) < 4.78 is 6.55. The van der Waals surface area contributed by atoms with Crippen LogP contribution in [0.25, 0.3) is 10.8 Å². The highest BCUT2D eigenvalue weighted by atomic mass is 79.9. The smallest absolute Gasteiger partial charge is 0.217 e. The lowest BCUT2D eigenvalue weighted by Crippen LogP contribution is -2.02. The zero-order valence-electron chi connectivity index (χ0n) is 8.61. The van der Waals surface area contributed by atoms with Gasteiger partial charge in [-0.2, -0.15) is 0 Å². The molecule has 0 saturated heterocycles. The number of hydrogen-bond donors (Lipinski definition) is 0. The summed E-state index contributed by atoms with van der Waals surface area (Å²) in [6.07, 6.45) is 0. The Bertz CT molecular complexity index is 577. The number of ether oxygens (including phenoxy) is 1. The van der Waals surface area contributed by atoms with Crippen molar-refractivity contribution in [3.8, 4) is 0 Å². The van der Waals surface area contributed by atoms with Gasteiger partial charge in [0.2, 0.25) is 5.90 Å². The van der Waals surface area contributed by atoms with Crippen LogP contribution in [0.3, 0.4) is 0 Å². The Morgan fingerprint density at radius 1 is 1.12 bits per heavy atom. The van der Waals surface area contributed by atoms with Crippen molar-refractivity contribution in [2.45, 2.75) is 0 Å². The Kier molecular flexibility index (Phi) is 2.40. The standard InChI is InChI=1S/C13H10BrNO/c14-12-10-4-2-1-3-9(10)5-6-11(12)13-15-7-8-16-13/h1-6H,7-8H2. The summed E-state index contributed by atoms with van der Waals surface area (Å²) in [6, 6.07) is 12.4. The Hall–Kier alpha value is -1.35. The molecule has 2 aromatic carbocycles. The fraction of sp³-hybridized carbons (Fsp3) is 0.154. The van der Waals surface area contributed by atoms with Crippen molar-refractivity contribution in [3.63, 3.8) is 0 Å². The second-order valence-corrected chi connectivity index (χ2v) is 4.48.